The Morgan fingerprint density at radius 1 is 1.30 bits per heavy atom. The topological polar surface area (TPSA) is 84.9 Å². The minimum atomic E-state index is -1.10. The van der Waals surface area contributed by atoms with Gasteiger partial charge < -0.3 is 19.9 Å². The van der Waals surface area contributed by atoms with Gasteiger partial charge in [0.1, 0.15) is 5.56 Å². The summed E-state index contributed by atoms with van der Waals surface area (Å²) < 4.78 is 10.3. The smallest absolute Gasteiger partial charge is 0.339 e. The number of aromatic carboxylic acids is 1. The molecule has 0 unspecified atom stereocenters. The van der Waals surface area contributed by atoms with Gasteiger partial charge in [0.15, 0.2) is 11.5 Å². The average molecular weight is 279 g/mol. The number of rotatable bonds is 3. The van der Waals surface area contributed by atoms with Crippen molar-refractivity contribution in [3.05, 3.63) is 23.3 Å². The Morgan fingerprint density at radius 3 is 2.60 bits per heavy atom. The fraction of sp³-hybridized carbons (Fsp3) is 0.429. The zero-order valence-corrected chi connectivity index (χ0v) is 11.6. The maximum absolute atomic E-state index is 11.8. The number of nitrogens with one attached hydrogen (secondary N) is 1. The van der Waals surface area contributed by atoms with Crippen LogP contribution in [-0.4, -0.2) is 23.8 Å². The van der Waals surface area contributed by atoms with Crippen molar-refractivity contribution in [2.45, 2.75) is 27.3 Å². The average Bonchev–Trinajstić information content (AvgIpc) is 2.81. The summed E-state index contributed by atoms with van der Waals surface area (Å²) in [6.45, 7) is 5.52. The van der Waals surface area contributed by atoms with Gasteiger partial charge in [0, 0.05) is 12.0 Å². The molecular weight excluding hydrogens is 262 g/mol. The highest BCUT2D eigenvalue weighted by Gasteiger charge is 2.26. The van der Waals surface area contributed by atoms with Crippen molar-refractivity contribution in [3.63, 3.8) is 0 Å². The summed E-state index contributed by atoms with van der Waals surface area (Å²) in [7, 11) is 0. The Morgan fingerprint density at radius 2 is 2.00 bits per heavy atom. The Kier molecular flexibility index (Phi) is 3.57. The second-order valence-corrected chi connectivity index (χ2v) is 5.57. The number of carbonyl (C=O) groups excluding carboxylic acids is 1. The van der Waals surface area contributed by atoms with E-state index in [4.69, 9.17) is 9.47 Å². The molecule has 0 saturated carbocycles. The second-order valence-electron chi connectivity index (χ2n) is 5.57. The van der Waals surface area contributed by atoms with Gasteiger partial charge >= 0.3 is 5.97 Å². The minimum Gasteiger partial charge on any atom is -0.478 e. The number of benzene rings is 1. The van der Waals surface area contributed by atoms with E-state index < -0.39 is 11.4 Å². The first-order valence-corrected chi connectivity index (χ1v) is 6.24. The molecule has 0 bridgehead atoms. The lowest BCUT2D eigenvalue weighted by Crippen LogP contribution is -2.34. The Balaban J connectivity index is 2.25. The third-order valence-electron chi connectivity index (χ3n) is 2.96. The third kappa shape index (κ3) is 2.68. The first kappa shape index (κ1) is 14.2. The van der Waals surface area contributed by atoms with Crippen molar-refractivity contribution < 1.29 is 24.2 Å². The van der Waals surface area contributed by atoms with Crippen LogP contribution in [0.4, 0.5) is 0 Å². The summed E-state index contributed by atoms with van der Waals surface area (Å²) in [5, 5.41) is 12.0. The van der Waals surface area contributed by atoms with Gasteiger partial charge in [-0.1, -0.05) is 26.8 Å². The molecule has 1 heterocycles. The van der Waals surface area contributed by atoms with Crippen molar-refractivity contribution in [1.29, 1.82) is 0 Å². The van der Waals surface area contributed by atoms with Crippen LogP contribution in [0.2, 0.25) is 0 Å². The predicted molar refractivity (Wildman–Crippen MR) is 70.8 cm³/mol. The zero-order chi connectivity index (χ0) is 14.9. The van der Waals surface area contributed by atoms with Crippen LogP contribution in [0, 0.1) is 5.41 Å². The van der Waals surface area contributed by atoms with Crippen LogP contribution in [0.25, 0.3) is 0 Å². The van der Waals surface area contributed by atoms with Crippen LogP contribution in [0.1, 0.15) is 36.7 Å². The van der Waals surface area contributed by atoms with Crippen LogP contribution in [-0.2, 0) is 11.3 Å². The van der Waals surface area contributed by atoms with Crippen LogP contribution >= 0.6 is 0 Å². The molecule has 0 atom stereocenters. The number of carboxylic acids is 1. The Labute approximate surface area is 116 Å². The van der Waals surface area contributed by atoms with Crippen molar-refractivity contribution in [2.75, 3.05) is 6.79 Å². The van der Waals surface area contributed by atoms with E-state index in [0.29, 0.717) is 11.3 Å². The van der Waals surface area contributed by atoms with E-state index in [1.807, 2.05) is 0 Å². The van der Waals surface area contributed by atoms with E-state index in [-0.39, 0.29) is 30.6 Å². The highest BCUT2D eigenvalue weighted by Crippen LogP contribution is 2.37. The maximum atomic E-state index is 11.8. The molecule has 1 aliphatic heterocycles. The molecule has 2 N–H and O–H groups in total. The summed E-state index contributed by atoms with van der Waals surface area (Å²) in [6, 6.07) is 3.27. The number of hydrogen-bond acceptors (Lipinski definition) is 4. The second kappa shape index (κ2) is 5.03. The number of amides is 1. The zero-order valence-electron chi connectivity index (χ0n) is 11.6. The molecule has 0 fully saturated rings. The fourth-order valence-electron chi connectivity index (χ4n) is 1.84. The maximum Gasteiger partial charge on any atom is 0.339 e. The summed E-state index contributed by atoms with van der Waals surface area (Å²) in [4.78, 5) is 23.2. The van der Waals surface area contributed by atoms with Gasteiger partial charge in [-0.2, -0.15) is 0 Å². The van der Waals surface area contributed by atoms with Crippen molar-refractivity contribution in [2.24, 2.45) is 5.41 Å². The molecule has 1 aromatic carbocycles. The summed E-state index contributed by atoms with van der Waals surface area (Å²) in [5.74, 6) is -0.618. The van der Waals surface area contributed by atoms with E-state index in [0.717, 1.165) is 0 Å². The van der Waals surface area contributed by atoms with E-state index in [9.17, 15) is 14.7 Å². The van der Waals surface area contributed by atoms with Gasteiger partial charge in [-0.15, -0.1) is 0 Å². The Hall–Kier alpha value is -2.24. The van der Waals surface area contributed by atoms with Gasteiger partial charge in [-0.25, -0.2) is 4.79 Å². The van der Waals surface area contributed by atoms with Gasteiger partial charge in [-0.05, 0) is 11.6 Å². The predicted octanol–water partition coefficient (Wildman–Crippen LogP) is 1.78. The van der Waals surface area contributed by atoms with Gasteiger partial charge in [0.25, 0.3) is 0 Å². The van der Waals surface area contributed by atoms with Crippen molar-refractivity contribution >= 4 is 11.9 Å². The molecule has 0 aliphatic carbocycles. The van der Waals surface area contributed by atoms with Crippen molar-refractivity contribution in [1.82, 2.24) is 5.32 Å². The molecule has 0 aromatic heterocycles. The summed E-state index contributed by atoms with van der Waals surface area (Å²) in [6.07, 6.45) is 0. The summed E-state index contributed by atoms with van der Waals surface area (Å²) >= 11 is 0. The molecule has 6 heteroatoms. The largest absolute Gasteiger partial charge is 0.478 e. The van der Waals surface area contributed by atoms with E-state index in [1.165, 1.54) is 0 Å². The number of fused-ring (bicyclic) bond motifs is 1. The molecule has 2 rings (SSSR count). The molecule has 20 heavy (non-hydrogen) atoms. The number of hydrogen-bond donors (Lipinski definition) is 2. The Bertz CT molecular complexity index is 559. The van der Waals surface area contributed by atoms with Crippen LogP contribution in [0.15, 0.2) is 12.1 Å². The molecule has 0 saturated heterocycles. The lowest BCUT2D eigenvalue weighted by atomic mass is 9.95. The molecule has 108 valence electrons. The number of ether oxygens (including phenoxy) is 2. The quantitative estimate of drug-likeness (QED) is 0.881. The first-order valence-electron chi connectivity index (χ1n) is 6.24. The standard InChI is InChI=1S/C14H17NO5/c1-14(2,3)13(18)15-6-8-4-5-9-11(20-7-19-9)10(8)12(16)17/h4-5H,6-7H2,1-3H3,(H,15,18)(H,16,17). The van der Waals surface area contributed by atoms with Gasteiger partial charge in [-0.3, -0.25) is 4.79 Å². The van der Waals surface area contributed by atoms with Gasteiger partial charge in [0.05, 0.1) is 0 Å². The van der Waals surface area contributed by atoms with Gasteiger partial charge in [0.2, 0.25) is 12.7 Å². The molecule has 1 aromatic rings. The SMILES string of the molecule is CC(C)(C)C(=O)NCc1ccc2c(c1C(=O)O)OCO2. The minimum absolute atomic E-state index is 0.00736. The molecule has 1 aliphatic rings. The molecule has 0 radical (unpaired) electrons. The van der Waals surface area contributed by atoms with E-state index in [1.54, 1.807) is 32.9 Å². The highest BCUT2D eigenvalue weighted by atomic mass is 16.7. The molecular formula is C14H17NO5. The van der Waals surface area contributed by atoms with E-state index >= 15 is 0 Å². The first-order chi connectivity index (χ1) is 9.30. The lowest BCUT2D eigenvalue weighted by molar-refractivity contribution is -0.128. The van der Waals surface area contributed by atoms with E-state index in [2.05, 4.69) is 5.32 Å². The van der Waals surface area contributed by atoms with Crippen LogP contribution < -0.4 is 14.8 Å². The fourth-order valence-corrected chi connectivity index (χ4v) is 1.84. The van der Waals surface area contributed by atoms with Crippen molar-refractivity contribution in [3.8, 4) is 11.5 Å². The normalized spacial score (nSPS) is 13.2. The molecule has 6 nitrogen and oxygen atoms in total. The summed E-state index contributed by atoms with van der Waals surface area (Å²) in [5.41, 5.74) is -0.00624. The highest BCUT2D eigenvalue weighted by molar-refractivity contribution is 5.94. The third-order valence-corrected chi connectivity index (χ3v) is 2.96. The molecule has 0 spiro atoms. The number of carbonyl (C=O) groups is 2. The van der Waals surface area contributed by atoms with Crippen LogP contribution in [0.5, 0.6) is 11.5 Å². The molecule has 1 amide bonds. The lowest BCUT2D eigenvalue weighted by Gasteiger charge is -2.18. The monoisotopic (exact) mass is 279 g/mol. The number of carboxylic acid groups (broad SMARTS) is 1. The van der Waals surface area contributed by atoms with Crippen LogP contribution in [0.3, 0.4) is 0 Å².